The molecule has 1 fully saturated rings. The predicted octanol–water partition coefficient (Wildman–Crippen LogP) is 4.12. The molecule has 0 saturated carbocycles. The molecular weight excluding hydrogens is 292 g/mol. The second-order valence-electron chi connectivity index (χ2n) is 8.36. The molecule has 5 heteroatoms. The van der Waals surface area contributed by atoms with Crippen LogP contribution >= 0.6 is 0 Å². The van der Waals surface area contributed by atoms with Crippen molar-refractivity contribution in [1.29, 1.82) is 5.26 Å². The molecule has 1 heterocycles. The Morgan fingerprint density at radius 2 is 1.78 bits per heavy atom. The minimum atomic E-state index is -0.456. The predicted molar refractivity (Wildman–Crippen MR) is 90.0 cm³/mol. The van der Waals surface area contributed by atoms with Gasteiger partial charge >= 0.3 is 6.09 Å². The van der Waals surface area contributed by atoms with Crippen LogP contribution in [0.1, 0.15) is 67.2 Å². The molecule has 132 valence electrons. The van der Waals surface area contributed by atoms with Gasteiger partial charge in [-0.3, -0.25) is 0 Å². The zero-order valence-electron chi connectivity index (χ0n) is 15.6. The van der Waals surface area contributed by atoms with E-state index < -0.39 is 5.60 Å². The highest BCUT2D eigenvalue weighted by molar-refractivity contribution is 5.68. The first-order chi connectivity index (χ1) is 10.5. The van der Waals surface area contributed by atoms with Crippen LogP contribution in [-0.2, 0) is 9.47 Å². The summed E-state index contributed by atoms with van der Waals surface area (Å²) in [6, 6.07) is 2.31. The highest BCUT2D eigenvalue weighted by Crippen LogP contribution is 2.28. The summed E-state index contributed by atoms with van der Waals surface area (Å²) in [4.78, 5) is 13.8. The van der Waals surface area contributed by atoms with Crippen LogP contribution in [0, 0.1) is 16.7 Å². The molecule has 0 bridgehead atoms. The summed E-state index contributed by atoms with van der Waals surface area (Å²) in [5.74, 6) is 0. The minimum Gasteiger partial charge on any atom is -0.444 e. The number of carbonyl (C=O) groups is 1. The van der Waals surface area contributed by atoms with E-state index in [0.29, 0.717) is 19.7 Å². The first-order valence-electron chi connectivity index (χ1n) is 8.50. The number of nitriles is 1. The molecule has 1 rings (SSSR count). The fraction of sp³-hybridized carbons (Fsp3) is 0.889. The Balaban J connectivity index is 2.34. The van der Waals surface area contributed by atoms with Crippen LogP contribution in [0.5, 0.6) is 0 Å². The number of amides is 1. The van der Waals surface area contributed by atoms with Crippen LogP contribution in [0.25, 0.3) is 0 Å². The van der Waals surface area contributed by atoms with Crippen LogP contribution in [-0.4, -0.2) is 41.9 Å². The number of hydrogen-bond donors (Lipinski definition) is 0. The highest BCUT2D eigenvalue weighted by Gasteiger charge is 2.34. The van der Waals surface area contributed by atoms with Crippen molar-refractivity contribution in [3.05, 3.63) is 0 Å². The molecule has 0 N–H and O–H groups in total. The van der Waals surface area contributed by atoms with Gasteiger partial charge in [-0.1, -0.05) is 0 Å². The van der Waals surface area contributed by atoms with Crippen molar-refractivity contribution in [1.82, 2.24) is 4.90 Å². The van der Waals surface area contributed by atoms with E-state index in [1.807, 2.05) is 34.6 Å². The van der Waals surface area contributed by atoms with Gasteiger partial charge < -0.3 is 14.4 Å². The average Bonchev–Trinajstić information content (AvgIpc) is 2.43. The Morgan fingerprint density at radius 3 is 2.26 bits per heavy atom. The van der Waals surface area contributed by atoms with E-state index in [9.17, 15) is 4.79 Å². The quantitative estimate of drug-likeness (QED) is 0.714. The number of ether oxygens (including phenoxy) is 2. The molecule has 0 aromatic rings. The maximum atomic E-state index is 12.1. The zero-order valence-corrected chi connectivity index (χ0v) is 15.6. The van der Waals surface area contributed by atoms with E-state index in [1.165, 1.54) is 0 Å². The van der Waals surface area contributed by atoms with Crippen molar-refractivity contribution in [2.75, 3.05) is 19.7 Å². The van der Waals surface area contributed by atoms with Gasteiger partial charge in [-0.05, 0) is 67.2 Å². The summed E-state index contributed by atoms with van der Waals surface area (Å²) < 4.78 is 11.5. The number of hydrogen-bond acceptors (Lipinski definition) is 4. The molecule has 0 atom stereocenters. The molecule has 1 aliphatic rings. The van der Waals surface area contributed by atoms with Crippen molar-refractivity contribution < 1.29 is 14.3 Å². The molecule has 0 aromatic carbocycles. The molecule has 1 amide bonds. The third-order valence-corrected chi connectivity index (χ3v) is 4.17. The second kappa shape index (κ2) is 7.53. The Hall–Kier alpha value is -1.28. The third-order valence-electron chi connectivity index (χ3n) is 4.17. The first kappa shape index (κ1) is 19.8. The number of likely N-dealkylation sites (tertiary alicyclic amines) is 1. The molecule has 0 unspecified atom stereocenters. The molecule has 0 spiro atoms. The van der Waals surface area contributed by atoms with E-state index >= 15 is 0 Å². The normalized spacial score (nSPS) is 18.4. The summed E-state index contributed by atoms with van der Waals surface area (Å²) in [6.07, 6.45) is 3.10. The Bertz CT molecular complexity index is 438. The van der Waals surface area contributed by atoms with E-state index in [2.05, 4.69) is 13.0 Å². The van der Waals surface area contributed by atoms with Gasteiger partial charge in [0.15, 0.2) is 0 Å². The first-order valence-corrected chi connectivity index (χ1v) is 8.50. The lowest BCUT2D eigenvalue weighted by Gasteiger charge is -2.39. The number of carbonyl (C=O) groups excluding carboxylic acids is 1. The fourth-order valence-electron chi connectivity index (χ4n) is 2.52. The molecule has 0 aliphatic carbocycles. The van der Waals surface area contributed by atoms with E-state index in [-0.39, 0.29) is 17.1 Å². The zero-order chi connectivity index (χ0) is 17.7. The van der Waals surface area contributed by atoms with E-state index in [0.717, 1.165) is 25.7 Å². The SMILES string of the molecule is CC(C)(C#N)CCCOC1(C)CCN(C(=O)OC(C)(C)C)CC1. The van der Waals surface area contributed by atoms with Gasteiger partial charge in [-0.25, -0.2) is 4.79 Å². The largest absolute Gasteiger partial charge is 0.444 e. The van der Waals surface area contributed by atoms with Gasteiger partial charge in [0.05, 0.1) is 17.1 Å². The second-order valence-corrected chi connectivity index (χ2v) is 8.36. The molecular formula is C18H32N2O3. The topological polar surface area (TPSA) is 62.6 Å². The Morgan fingerprint density at radius 1 is 1.22 bits per heavy atom. The highest BCUT2D eigenvalue weighted by atomic mass is 16.6. The van der Waals surface area contributed by atoms with Crippen molar-refractivity contribution in [3.8, 4) is 6.07 Å². The van der Waals surface area contributed by atoms with Crippen LogP contribution < -0.4 is 0 Å². The van der Waals surface area contributed by atoms with E-state index in [1.54, 1.807) is 4.90 Å². The summed E-state index contributed by atoms with van der Waals surface area (Å²) in [6.45, 7) is 13.6. The number of nitrogens with zero attached hydrogens (tertiary/aromatic N) is 2. The van der Waals surface area contributed by atoms with E-state index in [4.69, 9.17) is 14.7 Å². The van der Waals surface area contributed by atoms with Crippen LogP contribution in [0.3, 0.4) is 0 Å². The maximum Gasteiger partial charge on any atom is 0.410 e. The molecule has 0 radical (unpaired) electrons. The lowest BCUT2D eigenvalue weighted by Crippen LogP contribution is -2.48. The summed E-state index contributed by atoms with van der Waals surface area (Å²) in [5.41, 5.74) is -0.929. The molecule has 1 saturated heterocycles. The summed E-state index contributed by atoms with van der Waals surface area (Å²) >= 11 is 0. The molecule has 5 nitrogen and oxygen atoms in total. The van der Waals surface area contributed by atoms with Crippen molar-refractivity contribution >= 4 is 6.09 Å². The fourth-order valence-corrected chi connectivity index (χ4v) is 2.52. The van der Waals surface area contributed by atoms with Gasteiger partial charge in [0.2, 0.25) is 0 Å². The van der Waals surface area contributed by atoms with Gasteiger partial charge in [0.25, 0.3) is 0 Å². The van der Waals surface area contributed by atoms with Gasteiger partial charge in [-0.15, -0.1) is 0 Å². The van der Waals surface area contributed by atoms with Crippen LogP contribution in [0.4, 0.5) is 4.79 Å². The Labute approximate surface area is 140 Å². The summed E-state index contributed by atoms with van der Waals surface area (Å²) in [7, 11) is 0. The van der Waals surface area contributed by atoms with Crippen LogP contribution in [0.15, 0.2) is 0 Å². The lowest BCUT2D eigenvalue weighted by atomic mass is 9.90. The lowest BCUT2D eigenvalue weighted by molar-refractivity contribution is -0.0743. The van der Waals surface area contributed by atoms with Crippen molar-refractivity contribution in [2.45, 2.75) is 78.4 Å². The van der Waals surface area contributed by atoms with Gasteiger partial charge in [-0.2, -0.15) is 5.26 Å². The molecule has 1 aliphatic heterocycles. The summed E-state index contributed by atoms with van der Waals surface area (Å²) in [5, 5.41) is 9.01. The van der Waals surface area contributed by atoms with Crippen LogP contribution in [0.2, 0.25) is 0 Å². The Kier molecular flexibility index (Phi) is 6.47. The van der Waals surface area contributed by atoms with Crippen molar-refractivity contribution in [2.24, 2.45) is 5.41 Å². The number of rotatable bonds is 5. The maximum absolute atomic E-state index is 12.1. The third kappa shape index (κ3) is 7.22. The molecule has 0 aromatic heterocycles. The minimum absolute atomic E-state index is 0.185. The standard InChI is InChI=1S/C18H32N2O3/c1-16(2,3)23-15(21)20-11-9-18(6,10-12-20)22-13-7-8-17(4,5)14-19/h7-13H2,1-6H3. The van der Waals surface area contributed by atoms with Crippen molar-refractivity contribution in [3.63, 3.8) is 0 Å². The van der Waals surface area contributed by atoms with Gasteiger partial charge in [0.1, 0.15) is 5.60 Å². The molecule has 23 heavy (non-hydrogen) atoms. The monoisotopic (exact) mass is 324 g/mol. The smallest absolute Gasteiger partial charge is 0.410 e. The number of piperidine rings is 1. The average molecular weight is 324 g/mol. The van der Waals surface area contributed by atoms with Gasteiger partial charge in [0, 0.05) is 19.7 Å².